The van der Waals surface area contributed by atoms with Crippen LogP contribution in [0.4, 0.5) is 5.69 Å². The summed E-state index contributed by atoms with van der Waals surface area (Å²) >= 11 is 4.80. The third kappa shape index (κ3) is 4.60. The van der Waals surface area contributed by atoms with E-state index in [1.165, 1.54) is 11.8 Å². The number of halogens is 1. The third-order valence-electron chi connectivity index (χ3n) is 4.76. The van der Waals surface area contributed by atoms with Crippen LogP contribution >= 0.6 is 27.7 Å². The van der Waals surface area contributed by atoms with E-state index in [4.69, 9.17) is 5.11 Å². The Hall–Kier alpha value is -1.39. The monoisotopic (exact) mass is 488 g/mol. The fourth-order valence-corrected chi connectivity index (χ4v) is 8.27. The minimum Gasteiger partial charge on any atom is -0.481 e. The van der Waals surface area contributed by atoms with Crippen LogP contribution in [0.25, 0.3) is 0 Å². The summed E-state index contributed by atoms with van der Waals surface area (Å²) in [5, 5.41) is 9.05. The van der Waals surface area contributed by atoms with E-state index in [-0.39, 0.29) is 48.0 Å². The molecule has 2 fully saturated rings. The van der Waals surface area contributed by atoms with Crippen molar-refractivity contribution in [3.05, 3.63) is 27.7 Å². The topological polar surface area (TPSA) is 104 Å². The molecule has 2 aliphatic rings. The average Bonchev–Trinajstić information content (AvgIpc) is 2.98. The number of hydrogen-bond acceptors (Lipinski definition) is 5. The van der Waals surface area contributed by atoms with Gasteiger partial charge in [0.15, 0.2) is 15.0 Å². The maximum Gasteiger partial charge on any atom is 0.303 e. The molecule has 1 N–H and O–H groups in total. The van der Waals surface area contributed by atoms with E-state index >= 15 is 0 Å². The fourth-order valence-electron chi connectivity index (χ4n) is 3.66. The third-order valence-corrected chi connectivity index (χ3v) is 8.43. The smallest absolute Gasteiger partial charge is 0.303 e. The molecular weight excluding hydrogens is 468 g/mol. The predicted octanol–water partition coefficient (Wildman–Crippen LogP) is 2.92. The lowest BCUT2D eigenvalue weighted by molar-refractivity contribution is -0.137. The quantitative estimate of drug-likeness (QED) is 0.678. The zero-order valence-corrected chi connectivity index (χ0v) is 18.7. The van der Waals surface area contributed by atoms with Crippen molar-refractivity contribution in [1.82, 2.24) is 0 Å². The van der Waals surface area contributed by atoms with Crippen molar-refractivity contribution >= 4 is 60.3 Å². The first-order valence-corrected chi connectivity index (χ1v) is 12.3. The van der Waals surface area contributed by atoms with Crippen molar-refractivity contribution in [3.8, 4) is 0 Å². The predicted molar refractivity (Wildman–Crippen MR) is 114 cm³/mol. The number of fused-ring (bicyclic) bond motifs is 1. The molecule has 0 aliphatic carbocycles. The highest BCUT2D eigenvalue weighted by molar-refractivity contribution is 9.10. The molecule has 1 amide bonds. The molecule has 3 rings (SSSR count). The molecule has 7 nitrogen and oxygen atoms in total. The van der Waals surface area contributed by atoms with Crippen LogP contribution in [0.3, 0.4) is 0 Å². The minimum absolute atomic E-state index is 0.0336. The van der Waals surface area contributed by atoms with E-state index < -0.39 is 15.8 Å². The summed E-state index contributed by atoms with van der Waals surface area (Å²) in [7, 11) is -3.13. The summed E-state index contributed by atoms with van der Waals surface area (Å²) in [6.07, 6.45) is 0.200. The van der Waals surface area contributed by atoms with Gasteiger partial charge in [0.05, 0.1) is 17.5 Å². The number of benzene rings is 1. The number of hydrogen-bond donors (Lipinski definition) is 1. The Balaban J connectivity index is 1.95. The number of amidine groups is 1. The van der Waals surface area contributed by atoms with Gasteiger partial charge in [-0.25, -0.2) is 8.42 Å². The summed E-state index contributed by atoms with van der Waals surface area (Å²) in [5.41, 5.74) is 2.80. The molecule has 28 heavy (non-hydrogen) atoms. The van der Waals surface area contributed by atoms with Crippen LogP contribution in [0, 0.1) is 13.8 Å². The normalized spacial score (nSPS) is 24.5. The van der Waals surface area contributed by atoms with Gasteiger partial charge in [0, 0.05) is 28.3 Å². The van der Waals surface area contributed by atoms with Crippen molar-refractivity contribution < 1.29 is 23.1 Å². The lowest BCUT2D eigenvalue weighted by Gasteiger charge is -2.28. The van der Waals surface area contributed by atoms with E-state index in [0.29, 0.717) is 5.17 Å². The van der Waals surface area contributed by atoms with Crippen LogP contribution in [0.15, 0.2) is 21.6 Å². The van der Waals surface area contributed by atoms with Gasteiger partial charge in [-0.2, -0.15) is 4.99 Å². The average molecular weight is 489 g/mol. The van der Waals surface area contributed by atoms with Crippen molar-refractivity contribution in [2.45, 2.75) is 44.4 Å². The summed E-state index contributed by atoms with van der Waals surface area (Å²) < 4.78 is 25.3. The highest BCUT2D eigenvalue weighted by Gasteiger charge is 2.50. The van der Waals surface area contributed by atoms with Gasteiger partial charge in [0.25, 0.3) is 0 Å². The molecule has 2 heterocycles. The van der Waals surface area contributed by atoms with Crippen LogP contribution in [-0.4, -0.2) is 53.4 Å². The molecule has 1 aromatic carbocycles. The molecule has 2 aliphatic heterocycles. The first kappa shape index (κ1) is 21.3. The molecule has 0 aromatic heterocycles. The first-order chi connectivity index (χ1) is 13.1. The van der Waals surface area contributed by atoms with Crippen LogP contribution in [0.5, 0.6) is 0 Å². The number of carboxylic acids is 1. The van der Waals surface area contributed by atoms with Crippen LogP contribution < -0.4 is 4.90 Å². The molecule has 0 bridgehead atoms. The Morgan fingerprint density at radius 3 is 2.50 bits per heavy atom. The molecular formula is C18H21BrN2O5S2. The lowest BCUT2D eigenvalue weighted by Crippen LogP contribution is -2.38. The first-order valence-electron chi connectivity index (χ1n) is 8.84. The molecule has 0 saturated carbocycles. The van der Waals surface area contributed by atoms with Gasteiger partial charge < -0.3 is 10.0 Å². The number of sulfone groups is 1. The molecule has 2 saturated heterocycles. The van der Waals surface area contributed by atoms with Crippen LogP contribution in [-0.2, 0) is 19.4 Å². The summed E-state index contributed by atoms with van der Waals surface area (Å²) in [5.74, 6) is -1.23. The van der Waals surface area contributed by atoms with Gasteiger partial charge in [-0.1, -0.05) is 27.7 Å². The number of rotatable bonds is 5. The number of anilines is 1. The summed E-state index contributed by atoms with van der Waals surface area (Å²) in [6, 6.07) is 3.64. The van der Waals surface area contributed by atoms with E-state index in [2.05, 4.69) is 20.9 Å². The van der Waals surface area contributed by atoms with E-state index in [1.807, 2.05) is 30.9 Å². The fraction of sp³-hybridized carbons (Fsp3) is 0.500. The molecule has 0 spiro atoms. The summed E-state index contributed by atoms with van der Waals surface area (Å²) in [6.45, 7) is 3.89. The summed E-state index contributed by atoms with van der Waals surface area (Å²) in [4.78, 5) is 29.0. The van der Waals surface area contributed by atoms with Gasteiger partial charge in [0.2, 0.25) is 5.91 Å². The zero-order chi connectivity index (χ0) is 20.6. The van der Waals surface area contributed by atoms with E-state index in [0.717, 1.165) is 21.3 Å². The lowest BCUT2D eigenvalue weighted by atomic mass is 10.1. The molecule has 1 aromatic rings. The second-order valence-electron chi connectivity index (χ2n) is 7.09. The number of aliphatic carboxylic acids is 1. The van der Waals surface area contributed by atoms with Crippen molar-refractivity contribution in [2.75, 3.05) is 16.4 Å². The highest BCUT2D eigenvalue weighted by atomic mass is 79.9. The number of carbonyl (C=O) groups excluding carboxylic acids is 1. The maximum atomic E-state index is 12.3. The van der Waals surface area contributed by atoms with Gasteiger partial charge in [0.1, 0.15) is 0 Å². The second-order valence-corrected chi connectivity index (χ2v) is 11.4. The molecule has 0 radical (unpaired) electrons. The number of thioether (sulfide) groups is 1. The van der Waals surface area contributed by atoms with Crippen molar-refractivity contribution in [3.63, 3.8) is 0 Å². The van der Waals surface area contributed by atoms with E-state index in [1.54, 1.807) is 0 Å². The molecule has 152 valence electrons. The standard InChI is InChI=1S/C18H21BrN2O5S2/c1-10-6-12(19)7-11(2)17(10)21-13-8-28(25,26)9-14(13)27-18(21)20-15(22)4-3-5-16(23)24/h6-7,13-14H,3-5,8-9H2,1-2H3,(H,23,24)/t13-,14-/m1/s1. The number of aryl methyl sites for hydroxylation is 2. The van der Waals surface area contributed by atoms with Gasteiger partial charge >= 0.3 is 5.97 Å². The zero-order valence-electron chi connectivity index (χ0n) is 15.5. The van der Waals surface area contributed by atoms with Gasteiger partial charge in [-0.3, -0.25) is 9.59 Å². The van der Waals surface area contributed by atoms with Crippen molar-refractivity contribution in [2.24, 2.45) is 4.99 Å². The molecule has 2 atom stereocenters. The Labute approximate surface area is 176 Å². The number of nitrogens with zero attached hydrogens (tertiary/aromatic N) is 2. The SMILES string of the molecule is Cc1cc(Br)cc(C)c1N1C(=NC(=O)CCCC(=O)O)S[C@@H]2CS(=O)(=O)C[C@H]21. The number of carbonyl (C=O) groups is 2. The highest BCUT2D eigenvalue weighted by Crippen LogP contribution is 2.43. The van der Waals surface area contributed by atoms with E-state index in [9.17, 15) is 18.0 Å². The number of carboxylic acid groups (broad SMARTS) is 1. The largest absolute Gasteiger partial charge is 0.481 e. The second kappa shape index (κ2) is 8.16. The minimum atomic E-state index is -3.13. The Morgan fingerprint density at radius 2 is 1.89 bits per heavy atom. The van der Waals surface area contributed by atoms with Crippen LogP contribution in [0.2, 0.25) is 0 Å². The van der Waals surface area contributed by atoms with Gasteiger partial charge in [-0.15, -0.1) is 0 Å². The molecule has 0 unspecified atom stereocenters. The van der Waals surface area contributed by atoms with Crippen LogP contribution in [0.1, 0.15) is 30.4 Å². The Kier molecular flexibility index (Phi) is 6.21. The van der Waals surface area contributed by atoms with Crippen molar-refractivity contribution in [1.29, 1.82) is 0 Å². The Morgan fingerprint density at radius 1 is 1.25 bits per heavy atom. The number of amides is 1. The molecule has 10 heteroatoms. The number of aliphatic imine (C=N–C) groups is 1. The van der Waals surface area contributed by atoms with Gasteiger partial charge in [-0.05, 0) is 43.5 Å². The maximum absolute atomic E-state index is 12.3. The Bertz CT molecular complexity index is 938.